The molecule has 1 aromatic heterocycles. The van der Waals surface area contributed by atoms with E-state index in [-0.39, 0.29) is 5.88 Å². The van der Waals surface area contributed by atoms with Crippen molar-refractivity contribution in [3.05, 3.63) is 5.89 Å². The largest absolute Gasteiger partial charge is 0.407 e. The highest BCUT2D eigenvalue weighted by Crippen LogP contribution is 2.21. The number of anilines is 1. The first-order chi connectivity index (χ1) is 6.88. The smallest absolute Gasteiger partial charge is 0.315 e. The molecule has 0 spiro atoms. The molecule has 0 unspecified atom stereocenters. The van der Waals surface area contributed by atoms with Crippen molar-refractivity contribution < 1.29 is 4.42 Å². The van der Waals surface area contributed by atoms with Crippen LogP contribution in [0.5, 0.6) is 0 Å². The van der Waals surface area contributed by atoms with E-state index < -0.39 is 0 Å². The predicted molar refractivity (Wildman–Crippen MR) is 54.4 cm³/mol. The Labute approximate surface area is 88.0 Å². The molecule has 14 heavy (non-hydrogen) atoms. The van der Waals surface area contributed by atoms with Crippen molar-refractivity contribution >= 4 is 17.6 Å². The van der Waals surface area contributed by atoms with Gasteiger partial charge in [-0.2, -0.15) is 0 Å². The molecule has 4 nitrogen and oxygen atoms in total. The number of halogens is 1. The van der Waals surface area contributed by atoms with Crippen LogP contribution in [0.3, 0.4) is 0 Å². The highest BCUT2D eigenvalue weighted by atomic mass is 35.5. The Morgan fingerprint density at radius 2 is 2.07 bits per heavy atom. The average Bonchev–Trinajstić information content (AvgIpc) is 2.67. The molecular weight excluding hydrogens is 202 g/mol. The number of rotatable bonds is 3. The van der Waals surface area contributed by atoms with Gasteiger partial charge in [-0.25, -0.2) is 0 Å². The van der Waals surface area contributed by atoms with Crippen LogP contribution in [-0.4, -0.2) is 16.2 Å². The Morgan fingerprint density at radius 3 is 2.71 bits per heavy atom. The van der Waals surface area contributed by atoms with Crippen molar-refractivity contribution in [3.8, 4) is 0 Å². The SMILES string of the molecule is ClCc1nnc(NC2CCCCC2)o1. The van der Waals surface area contributed by atoms with Gasteiger partial charge in [0.1, 0.15) is 5.88 Å². The van der Waals surface area contributed by atoms with Crippen molar-refractivity contribution in [1.82, 2.24) is 10.2 Å². The molecular formula is C9H14ClN3O. The van der Waals surface area contributed by atoms with Crippen LogP contribution in [0, 0.1) is 0 Å². The van der Waals surface area contributed by atoms with Crippen molar-refractivity contribution in [2.45, 2.75) is 44.0 Å². The first-order valence-electron chi connectivity index (χ1n) is 5.03. The van der Waals surface area contributed by atoms with Crippen LogP contribution in [0.2, 0.25) is 0 Å². The minimum absolute atomic E-state index is 0.277. The molecule has 0 amide bonds. The lowest BCUT2D eigenvalue weighted by Crippen LogP contribution is -2.22. The van der Waals surface area contributed by atoms with Crippen LogP contribution in [-0.2, 0) is 5.88 Å². The van der Waals surface area contributed by atoms with E-state index in [0.717, 1.165) is 0 Å². The van der Waals surface area contributed by atoms with Crippen molar-refractivity contribution in [1.29, 1.82) is 0 Å². The van der Waals surface area contributed by atoms with Gasteiger partial charge >= 0.3 is 6.01 Å². The summed E-state index contributed by atoms with van der Waals surface area (Å²) in [4.78, 5) is 0. The molecule has 1 heterocycles. The molecule has 1 aliphatic carbocycles. The average molecular weight is 216 g/mol. The molecule has 1 aliphatic rings. The van der Waals surface area contributed by atoms with Gasteiger partial charge in [-0.3, -0.25) is 0 Å². The molecule has 0 aromatic carbocycles. The molecule has 5 heteroatoms. The molecule has 0 bridgehead atoms. The monoisotopic (exact) mass is 215 g/mol. The zero-order chi connectivity index (χ0) is 9.80. The fourth-order valence-corrected chi connectivity index (χ4v) is 1.90. The van der Waals surface area contributed by atoms with Gasteiger partial charge in [0, 0.05) is 6.04 Å². The Morgan fingerprint density at radius 1 is 1.29 bits per heavy atom. The normalized spacial score (nSPS) is 18.4. The second kappa shape index (κ2) is 4.64. The van der Waals surface area contributed by atoms with Crippen molar-refractivity contribution in [2.24, 2.45) is 0 Å². The van der Waals surface area contributed by atoms with E-state index in [9.17, 15) is 0 Å². The molecule has 0 aliphatic heterocycles. The summed E-state index contributed by atoms with van der Waals surface area (Å²) in [6.07, 6.45) is 6.30. The van der Waals surface area contributed by atoms with Crippen LogP contribution in [0.4, 0.5) is 6.01 Å². The second-order valence-electron chi connectivity index (χ2n) is 3.61. The lowest BCUT2D eigenvalue weighted by molar-refractivity contribution is 0.444. The van der Waals surface area contributed by atoms with E-state index in [1.165, 1.54) is 32.1 Å². The Hall–Kier alpha value is -0.770. The number of hydrogen-bond donors (Lipinski definition) is 1. The first kappa shape index (κ1) is 9.77. The minimum Gasteiger partial charge on any atom is -0.407 e. The molecule has 2 rings (SSSR count). The second-order valence-corrected chi connectivity index (χ2v) is 3.88. The maximum absolute atomic E-state index is 5.56. The van der Waals surface area contributed by atoms with E-state index in [1.54, 1.807) is 0 Å². The molecule has 1 fully saturated rings. The van der Waals surface area contributed by atoms with Gasteiger partial charge in [0.05, 0.1) is 0 Å². The summed E-state index contributed by atoms with van der Waals surface area (Å²) in [5.41, 5.74) is 0. The fourth-order valence-electron chi connectivity index (χ4n) is 1.79. The van der Waals surface area contributed by atoms with Gasteiger partial charge < -0.3 is 9.73 Å². The third-order valence-corrected chi connectivity index (χ3v) is 2.74. The lowest BCUT2D eigenvalue weighted by Gasteiger charge is -2.21. The van der Waals surface area contributed by atoms with E-state index >= 15 is 0 Å². The van der Waals surface area contributed by atoms with Gasteiger partial charge in [-0.1, -0.05) is 24.4 Å². The summed E-state index contributed by atoms with van der Waals surface area (Å²) in [5.74, 6) is 0.754. The number of aromatic nitrogens is 2. The number of alkyl halides is 1. The lowest BCUT2D eigenvalue weighted by atomic mass is 9.96. The summed E-state index contributed by atoms with van der Waals surface area (Å²) in [6, 6.07) is 1.000. The predicted octanol–water partition coefficient (Wildman–Crippen LogP) is 2.55. The summed E-state index contributed by atoms with van der Waals surface area (Å²) < 4.78 is 5.27. The van der Waals surface area contributed by atoms with Crippen LogP contribution in [0.25, 0.3) is 0 Å². The van der Waals surface area contributed by atoms with Gasteiger partial charge in [0.25, 0.3) is 0 Å². The topological polar surface area (TPSA) is 51.0 Å². The molecule has 0 radical (unpaired) electrons. The van der Waals surface area contributed by atoms with Crippen molar-refractivity contribution in [3.63, 3.8) is 0 Å². The summed E-state index contributed by atoms with van der Waals surface area (Å²) in [6.45, 7) is 0. The van der Waals surface area contributed by atoms with E-state index in [4.69, 9.17) is 16.0 Å². The molecule has 1 N–H and O–H groups in total. The van der Waals surface area contributed by atoms with Gasteiger partial charge in [0.15, 0.2) is 0 Å². The third kappa shape index (κ3) is 2.38. The summed E-state index contributed by atoms with van der Waals surface area (Å²) in [7, 11) is 0. The quantitative estimate of drug-likeness (QED) is 0.788. The molecule has 78 valence electrons. The Balaban J connectivity index is 1.89. The minimum atomic E-state index is 0.277. The maximum Gasteiger partial charge on any atom is 0.315 e. The summed E-state index contributed by atoms with van der Waals surface area (Å²) >= 11 is 5.56. The highest BCUT2D eigenvalue weighted by molar-refractivity contribution is 6.16. The molecule has 0 atom stereocenters. The van der Waals surface area contributed by atoms with Crippen molar-refractivity contribution in [2.75, 3.05) is 5.32 Å². The first-order valence-corrected chi connectivity index (χ1v) is 5.57. The van der Waals surface area contributed by atoms with Gasteiger partial charge in [0.2, 0.25) is 5.89 Å². The van der Waals surface area contributed by atoms with Gasteiger partial charge in [-0.05, 0) is 12.8 Å². The number of hydrogen-bond acceptors (Lipinski definition) is 4. The number of nitrogens with zero attached hydrogens (tertiary/aromatic N) is 2. The van der Waals surface area contributed by atoms with Crippen LogP contribution < -0.4 is 5.32 Å². The molecule has 1 aromatic rings. The van der Waals surface area contributed by atoms with Crippen LogP contribution >= 0.6 is 11.6 Å². The Bertz CT molecular complexity index is 283. The highest BCUT2D eigenvalue weighted by Gasteiger charge is 2.15. The fraction of sp³-hybridized carbons (Fsp3) is 0.778. The zero-order valence-electron chi connectivity index (χ0n) is 8.00. The van der Waals surface area contributed by atoms with Crippen LogP contribution in [0.15, 0.2) is 4.42 Å². The van der Waals surface area contributed by atoms with Gasteiger partial charge in [-0.15, -0.1) is 16.7 Å². The van der Waals surface area contributed by atoms with E-state index in [1.807, 2.05) is 0 Å². The summed E-state index contributed by atoms with van der Waals surface area (Å²) in [5, 5.41) is 10.9. The van der Waals surface area contributed by atoms with E-state index in [0.29, 0.717) is 17.9 Å². The molecule has 1 saturated carbocycles. The van der Waals surface area contributed by atoms with E-state index in [2.05, 4.69) is 15.5 Å². The molecule has 0 saturated heterocycles. The zero-order valence-corrected chi connectivity index (χ0v) is 8.76. The third-order valence-electron chi connectivity index (χ3n) is 2.51. The maximum atomic E-state index is 5.56. The number of nitrogens with one attached hydrogen (secondary N) is 1. The standard InChI is InChI=1S/C9H14ClN3O/c10-6-8-12-13-9(14-8)11-7-4-2-1-3-5-7/h7H,1-6H2,(H,11,13). The Kier molecular flexibility index (Phi) is 3.24. The van der Waals surface area contributed by atoms with Crippen LogP contribution in [0.1, 0.15) is 38.0 Å².